The first-order chi connectivity index (χ1) is 12.1. The van der Waals surface area contributed by atoms with Crippen LogP contribution in [0.5, 0.6) is 0 Å². The highest BCUT2D eigenvalue weighted by molar-refractivity contribution is 6.30. The van der Waals surface area contributed by atoms with E-state index in [9.17, 15) is 4.79 Å². The van der Waals surface area contributed by atoms with Gasteiger partial charge in [0.15, 0.2) is 0 Å². The number of halogens is 1. The summed E-state index contributed by atoms with van der Waals surface area (Å²) in [5.41, 5.74) is 2.38. The minimum Gasteiger partial charge on any atom is -0.349 e. The Morgan fingerprint density at radius 1 is 1.16 bits per heavy atom. The van der Waals surface area contributed by atoms with Gasteiger partial charge >= 0.3 is 0 Å². The maximum Gasteiger partial charge on any atom is 0.223 e. The number of benzene rings is 2. The maximum atomic E-state index is 12.5. The molecule has 1 heterocycles. The van der Waals surface area contributed by atoms with Gasteiger partial charge in [0.05, 0.1) is 6.04 Å². The van der Waals surface area contributed by atoms with E-state index in [1.807, 2.05) is 43.3 Å². The van der Waals surface area contributed by atoms with Crippen molar-refractivity contribution in [2.45, 2.75) is 32.4 Å². The number of hydrogen-bond acceptors (Lipinski definition) is 2. The van der Waals surface area contributed by atoms with Crippen molar-refractivity contribution in [2.24, 2.45) is 5.92 Å². The van der Waals surface area contributed by atoms with Gasteiger partial charge in [-0.25, -0.2) is 0 Å². The Bertz CT molecular complexity index is 696. The lowest BCUT2D eigenvalue weighted by Gasteiger charge is -2.32. The highest BCUT2D eigenvalue weighted by Crippen LogP contribution is 2.22. The number of likely N-dealkylation sites (tertiary alicyclic amines) is 1. The van der Waals surface area contributed by atoms with Gasteiger partial charge in [-0.3, -0.25) is 9.69 Å². The Kier molecular flexibility index (Phi) is 6.11. The average molecular weight is 357 g/mol. The van der Waals surface area contributed by atoms with E-state index in [-0.39, 0.29) is 17.9 Å². The summed E-state index contributed by atoms with van der Waals surface area (Å²) in [6.07, 6.45) is 1.82. The Labute approximate surface area is 155 Å². The van der Waals surface area contributed by atoms with E-state index in [0.717, 1.165) is 43.1 Å². The van der Waals surface area contributed by atoms with Crippen LogP contribution in [0.4, 0.5) is 0 Å². The normalized spacial score (nSPS) is 17.2. The zero-order chi connectivity index (χ0) is 17.6. The summed E-state index contributed by atoms with van der Waals surface area (Å²) in [7, 11) is 0. The summed E-state index contributed by atoms with van der Waals surface area (Å²) in [6, 6.07) is 18.2. The Morgan fingerprint density at radius 3 is 2.56 bits per heavy atom. The van der Waals surface area contributed by atoms with Crippen LogP contribution in [-0.4, -0.2) is 23.9 Å². The molecule has 1 amide bonds. The van der Waals surface area contributed by atoms with Crippen LogP contribution < -0.4 is 5.32 Å². The van der Waals surface area contributed by atoms with Crippen molar-refractivity contribution in [3.8, 4) is 0 Å². The standard InChI is InChI=1S/C21H25ClN2O/c1-16(18-7-3-2-4-8-18)23-21(25)19-10-12-24(13-11-19)15-17-6-5-9-20(22)14-17/h2-9,14,16,19H,10-13,15H2,1H3,(H,23,25). The first-order valence-corrected chi connectivity index (χ1v) is 9.32. The molecule has 2 aromatic rings. The Morgan fingerprint density at radius 2 is 1.88 bits per heavy atom. The SMILES string of the molecule is CC(NC(=O)C1CCN(Cc2cccc(Cl)c2)CC1)c1ccccc1. The van der Waals surface area contributed by atoms with Gasteiger partial charge < -0.3 is 5.32 Å². The summed E-state index contributed by atoms with van der Waals surface area (Å²) in [6.45, 7) is 4.84. The van der Waals surface area contributed by atoms with Gasteiger partial charge in [0.25, 0.3) is 0 Å². The lowest BCUT2D eigenvalue weighted by Crippen LogP contribution is -2.40. The molecule has 132 valence electrons. The molecule has 3 rings (SSSR count). The largest absolute Gasteiger partial charge is 0.349 e. The second-order valence-corrected chi connectivity index (χ2v) is 7.26. The van der Waals surface area contributed by atoms with Gasteiger partial charge in [0.1, 0.15) is 0 Å². The number of nitrogens with zero attached hydrogens (tertiary/aromatic N) is 1. The van der Waals surface area contributed by atoms with Crippen LogP contribution in [-0.2, 0) is 11.3 Å². The molecule has 1 N–H and O–H groups in total. The lowest BCUT2D eigenvalue weighted by atomic mass is 9.95. The number of carbonyl (C=O) groups excluding carboxylic acids is 1. The molecule has 0 spiro atoms. The molecule has 0 aliphatic carbocycles. The van der Waals surface area contributed by atoms with E-state index in [1.165, 1.54) is 5.56 Å². The molecule has 0 bridgehead atoms. The van der Waals surface area contributed by atoms with E-state index >= 15 is 0 Å². The fourth-order valence-corrected chi connectivity index (χ4v) is 3.62. The lowest BCUT2D eigenvalue weighted by molar-refractivity contribution is -0.127. The minimum absolute atomic E-state index is 0.0539. The van der Waals surface area contributed by atoms with Gasteiger partial charge in [-0.05, 0) is 56.1 Å². The van der Waals surface area contributed by atoms with Crippen LogP contribution in [0.1, 0.15) is 36.9 Å². The van der Waals surface area contributed by atoms with Crippen molar-refractivity contribution in [1.82, 2.24) is 10.2 Å². The monoisotopic (exact) mass is 356 g/mol. The molecular formula is C21H25ClN2O. The molecule has 1 aliphatic heterocycles. The summed E-state index contributed by atoms with van der Waals surface area (Å²) in [5.74, 6) is 0.292. The van der Waals surface area contributed by atoms with Crippen LogP contribution in [0.25, 0.3) is 0 Å². The van der Waals surface area contributed by atoms with Gasteiger partial charge in [-0.15, -0.1) is 0 Å². The molecule has 2 aromatic carbocycles. The molecule has 1 saturated heterocycles. The third kappa shape index (κ3) is 5.07. The van der Waals surface area contributed by atoms with Gasteiger partial charge in [0, 0.05) is 17.5 Å². The Hall–Kier alpha value is -1.84. The molecular weight excluding hydrogens is 332 g/mol. The molecule has 1 unspecified atom stereocenters. The molecule has 0 radical (unpaired) electrons. The number of nitrogens with one attached hydrogen (secondary N) is 1. The highest BCUT2D eigenvalue weighted by Gasteiger charge is 2.25. The van der Waals surface area contributed by atoms with Gasteiger partial charge in [0.2, 0.25) is 5.91 Å². The first-order valence-electron chi connectivity index (χ1n) is 8.94. The van der Waals surface area contributed by atoms with Crippen molar-refractivity contribution in [3.05, 3.63) is 70.7 Å². The number of rotatable bonds is 5. The van der Waals surface area contributed by atoms with E-state index < -0.39 is 0 Å². The second kappa shape index (κ2) is 8.50. The molecule has 1 atom stereocenters. The summed E-state index contributed by atoms with van der Waals surface area (Å²) in [4.78, 5) is 14.9. The van der Waals surface area contributed by atoms with Crippen LogP contribution in [0.15, 0.2) is 54.6 Å². The van der Waals surface area contributed by atoms with Gasteiger partial charge in [-0.2, -0.15) is 0 Å². The third-order valence-electron chi connectivity index (χ3n) is 4.91. The summed E-state index contributed by atoms with van der Waals surface area (Å²) >= 11 is 6.05. The highest BCUT2D eigenvalue weighted by atomic mass is 35.5. The molecule has 3 nitrogen and oxygen atoms in total. The van der Waals surface area contributed by atoms with Crippen LogP contribution >= 0.6 is 11.6 Å². The maximum absolute atomic E-state index is 12.5. The van der Waals surface area contributed by atoms with Crippen molar-refractivity contribution < 1.29 is 4.79 Å². The molecule has 0 aromatic heterocycles. The van der Waals surface area contributed by atoms with Crippen LogP contribution in [0.3, 0.4) is 0 Å². The first kappa shape index (κ1) is 18.0. The summed E-state index contributed by atoms with van der Waals surface area (Å²) in [5, 5.41) is 3.94. The van der Waals surface area contributed by atoms with Crippen molar-refractivity contribution in [1.29, 1.82) is 0 Å². The predicted molar refractivity (Wildman–Crippen MR) is 102 cm³/mol. The third-order valence-corrected chi connectivity index (χ3v) is 5.15. The predicted octanol–water partition coefficient (Wildman–Crippen LogP) is 4.43. The molecule has 1 aliphatic rings. The van der Waals surface area contributed by atoms with E-state index in [2.05, 4.69) is 28.4 Å². The van der Waals surface area contributed by atoms with Gasteiger partial charge in [-0.1, -0.05) is 54.1 Å². The Balaban J connectivity index is 1.47. The topological polar surface area (TPSA) is 32.3 Å². The minimum atomic E-state index is 0.0539. The number of hydrogen-bond donors (Lipinski definition) is 1. The number of carbonyl (C=O) groups is 1. The molecule has 25 heavy (non-hydrogen) atoms. The summed E-state index contributed by atoms with van der Waals surface area (Å²) < 4.78 is 0. The zero-order valence-corrected chi connectivity index (χ0v) is 15.4. The fourth-order valence-electron chi connectivity index (χ4n) is 3.40. The number of piperidine rings is 1. The molecule has 1 fully saturated rings. The van der Waals surface area contributed by atoms with Crippen molar-refractivity contribution in [3.63, 3.8) is 0 Å². The molecule has 0 saturated carbocycles. The fraction of sp³-hybridized carbons (Fsp3) is 0.381. The quantitative estimate of drug-likeness (QED) is 0.859. The van der Waals surface area contributed by atoms with Crippen molar-refractivity contribution in [2.75, 3.05) is 13.1 Å². The second-order valence-electron chi connectivity index (χ2n) is 6.82. The van der Waals surface area contributed by atoms with Crippen molar-refractivity contribution >= 4 is 17.5 Å². The van der Waals surface area contributed by atoms with E-state index in [4.69, 9.17) is 11.6 Å². The van der Waals surface area contributed by atoms with E-state index in [0.29, 0.717) is 0 Å². The van der Waals surface area contributed by atoms with E-state index in [1.54, 1.807) is 0 Å². The molecule has 4 heteroatoms. The van der Waals surface area contributed by atoms with Crippen LogP contribution in [0.2, 0.25) is 5.02 Å². The zero-order valence-electron chi connectivity index (χ0n) is 14.6. The number of amides is 1. The van der Waals surface area contributed by atoms with Crippen LogP contribution in [0, 0.1) is 5.92 Å². The smallest absolute Gasteiger partial charge is 0.223 e. The average Bonchev–Trinajstić information content (AvgIpc) is 2.63.